The van der Waals surface area contributed by atoms with Crippen LogP contribution in [0.3, 0.4) is 0 Å². The van der Waals surface area contributed by atoms with E-state index in [9.17, 15) is 4.79 Å². The van der Waals surface area contributed by atoms with E-state index >= 15 is 0 Å². The molecule has 0 bridgehead atoms. The molecule has 2 atom stereocenters. The second kappa shape index (κ2) is 6.01. The zero-order chi connectivity index (χ0) is 16.7. The van der Waals surface area contributed by atoms with Gasteiger partial charge in [0.1, 0.15) is 5.82 Å². The molecule has 8 nitrogen and oxygen atoms in total. The number of carbonyl (C=O) groups excluding carboxylic acids is 1. The molecule has 24 heavy (non-hydrogen) atoms. The van der Waals surface area contributed by atoms with Crippen molar-refractivity contribution in [1.29, 1.82) is 0 Å². The third-order valence-electron chi connectivity index (χ3n) is 4.84. The molecule has 0 spiro atoms. The molecular weight excluding hydrogens is 308 g/mol. The Labute approximate surface area is 140 Å². The number of rotatable bonds is 5. The van der Waals surface area contributed by atoms with Gasteiger partial charge in [-0.25, -0.2) is 4.98 Å². The topological polar surface area (TPSA) is 99.8 Å². The second-order valence-corrected chi connectivity index (χ2v) is 6.74. The number of H-pyrrole nitrogens is 2. The summed E-state index contributed by atoms with van der Waals surface area (Å²) in [4.78, 5) is 18.9. The van der Waals surface area contributed by atoms with E-state index in [2.05, 4.69) is 25.4 Å². The van der Waals surface area contributed by atoms with Crippen molar-refractivity contribution >= 4 is 5.91 Å². The van der Waals surface area contributed by atoms with Crippen LogP contribution in [0, 0.1) is 6.92 Å². The summed E-state index contributed by atoms with van der Waals surface area (Å²) in [6.07, 6.45) is 4.69. The lowest BCUT2D eigenvalue weighted by molar-refractivity contribution is 0.0549. The number of carbonyl (C=O) groups is 1. The summed E-state index contributed by atoms with van der Waals surface area (Å²) in [5.74, 6) is 2.15. The van der Waals surface area contributed by atoms with Crippen molar-refractivity contribution in [3.8, 4) is 0 Å². The molecular formula is C16H22N6O2. The summed E-state index contributed by atoms with van der Waals surface area (Å²) >= 11 is 0. The summed E-state index contributed by atoms with van der Waals surface area (Å²) in [6.45, 7) is 3.08. The molecule has 2 N–H and O–H groups in total. The number of hydrogen-bond donors (Lipinski definition) is 2. The Hall–Kier alpha value is -2.22. The molecule has 2 aromatic rings. The first-order valence-electron chi connectivity index (χ1n) is 8.42. The number of nitrogens with zero attached hydrogens (tertiary/aromatic N) is 4. The van der Waals surface area contributed by atoms with E-state index < -0.39 is 0 Å². The highest BCUT2D eigenvalue weighted by Gasteiger charge is 2.35. The SMILES string of the molecule is Cc1nc([C@@H]2CCO[C@@H]2CN(C)C(=O)c2cn[nH]c2C2CC2)n[nH]1. The molecule has 3 heterocycles. The number of ether oxygens (including phenoxy) is 1. The van der Waals surface area contributed by atoms with Gasteiger partial charge in [-0.1, -0.05) is 0 Å². The van der Waals surface area contributed by atoms with Gasteiger partial charge in [0, 0.05) is 26.1 Å². The van der Waals surface area contributed by atoms with Crippen LogP contribution in [0.25, 0.3) is 0 Å². The van der Waals surface area contributed by atoms with Gasteiger partial charge in [0.05, 0.1) is 29.5 Å². The smallest absolute Gasteiger partial charge is 0.257 e. The van der Waals surface area contributed by atoms with E-state index in [-0.39, 0.29) is 17.9 Å². The summed E-state index contributed by atoms with van der Waals surface area (Å²) in [5, 5.41) is 14.2. The first-order chi connectivity index (χ1) is 11.6. The molecule has 1 aliphatic carbocycles. The second-order valence-electron chi connectivity index (χ2n) is 6.74. The minimum atomic E-state index is -0.0783. The Bertz CT molecular complexity index is 735. The normalized spacial score (nSPS) is 23.6. The van der Waals surface area contributed by atoms with Gasteiger partial charge >= 0.3 is 0 Å². The Morgan fingerprint density at radius 2 is 2.21 bits per heavy atom. The molecule has 2 aliphatic rings. The lowest BCUT2D eigenvalue weighted by Crippen LogP contribution is -2.36. The Morgan fingerprint density at radius 1 is 1.38 bits per heavy atom. The fourth-order valence-electron chi connectivity index (χ4n) is 3.36. The maximum atomic E-state index is 12.8. The lowest BCUT2D eigenvalue weighted by atomic mass is 10.00. The number of aromatic amines is 2. The molecule has 128 valence electrons. The van der Waals surface area contributed by atoms with Crippen molar-refractivity contribution in [2.24, 2.45) is 0 Å². The molecule has 2 aromatic heterocycles. The molecule has 1 saturated heterocycles. The van der Waals surface area contributed by atoms with Gasteiger partial charge in [0.25, 0.3) is 5.91 Å². The predicted molar refractivity (Wildman–Crippen MR) is 85.7 cm³/mol. The molecule has 4 rings (SSSR count). The highest BCUT2D eigenvalue weighted by molar-refractivity contribution is 5.95. The van der Waals surface area contributed by atoms with E-state index in [0.717, 1.165) is 36.6 Å². The summed E-state index contributed by atoms with van der Waals surface area (Å²) < 4.78 is 5.85. The van der Waals surface area contributed by atoms with E-state index in [1.54, 1.807) is 11.1 Å². The molecule has 0 radical (unpaired) electrons. The number of likely N-dealkylation sites (N-methyl/N-ethyl adjacent to an activating group) is 1. The van der Waals surface area contributed by atoms with Gasteiger partial charge in [-0.2, -0.15) is 10.2 Å². The van der Waals surface area contributed by atoms with Gasteiger partial charge in [0.2, 0.25) is 0 Å². The van der Waals surface area contributed by atoms with Crippen LogP contribution in [0.1, 0.15) is 58.8 Å². The van der Waals surface area contributed by atoms with Crippen LogP contribution in [0.4, 0.5) is 0 Å². The van der Waals surface area contributed by atoms with Gasteiger partial charge in [0.15, 0.2) is 5.82 Å². The molecule has 2 fully saturated rings. The number of amides is 1. The number of nitrogens with one attached hydrogen (secondary N) is 2. The average Bonchev–Trinajstić information content (AvgIpc) is 2.98. The van der Waals surface area contributed by atoms with E-state index in [1.165, 1.54) is 0 Å². The minimum Gasteiger partial charge on any atom is -0.376 e. The highest BCUT2D eigenvalue weighted by atomic mass is 16.5. The molecule has 1 saturated carbocycles. The van der Waals surface area contributed by atoms with Gasteiger partial charge in [-0.3, -0.25) is 15.0 Å². The maximum Gasteiger partial charge on any atom is 0.257 e. The van der Waals surface area contributed by atoms with Crippen LogP contribution >= 0.6 is 0 Å². The molecule has 0 unspecified atom stereocenters. The lowest BCUT2D eigenvalue weighted by Gasteiger charge is -2.23. The van der Waals surface area contributed by atoms with Crippen molar-refractivity contribution in [3.63, 3.8) is 0 Å². The molecule has 1 amide bonds. The van der Waals surface area contributed by atoms with Crippen LogP contribution in [0.15, 0.2) is 6.20 Å². The maximum absolute atomic E-state index is 12.8. The first kappa shape index (κ1) is 15.3. The monoisotopic (exact) mass is 330 g/mol. The summed E-state index contributed by atoms with van der Waals surface area (Å²) in [7, 11) is 1.81. The van der Waals surface area contributed by atoms with Crippen molar-refractivity contribution in [3.05, 3.63) is 29.1 Å². The third-order valence-corrected chi connectivity index (χ3v) is 4.84. The highest BCUT2D eigenvalue weighted by Crippen LogP contribution is 2.40. The Balaban J connectivity index is 1.45. The van der Waals surface area contributed by atoms with E-state index in [4.69, 9.17) is 4.74 Å². The van der Waals surface area contributed by atoms with Crippen LogP contribution in [-0.2, 0) is 4.74 Å². The largest absolute Gasteiger partial charge is 0.376 e. The third kappa shape index (κ3) is 2.82. The van der Waals surface area contributed by atoms with Gasteiger partial charge in [-0.05, 0) is 26.2 Å². The fourth-order valence-corrected chi connectivity index (χ4v) is 3.36. The number of hydrogen-bond acceptors (Lipinski definition) is 5. The zero-order valence-electron chi connectivity index (χ0n) is 14.0. The van der Waals surface area contributed by atoms with Gasteiger partial charge < -0.3 is 9.64 Å². The molecule has 0 aromatic carbocycles. The first-order valence-corrected chi connectivity index (χ1v) is 8.42. The van der Waals surface area contributed by atoms with Crippen molar-refractivity contribution in [2.45, 2.75) is 44.1 Å². The van der Waals surface area contributed by atoms with E-state index in [0.29, 0.717) is 24.6 Å². The Kier molecular flexibility index (Phi) is 3.84. The van der Waals surface area contributed by atoms with Gasteiger partial charge in [-0.15, -0.1) is 0 Å². The molecule has 1 aliphatic heterocycles. The predicted octanol–water partition coefficient (Wildman–Crippen LogP) is 1.36. The molecule has 8 heteroatoms. The van der Waals surface area contributed by atoms with Crippen molar-refractivity contribution in [2.75, 3.05) is 20.2 Å². The summed E-state index contributed by atoms with van der Waals surface area (Å²) in [5.41, 5.74) is 1.66. The van der Waals surface area contributed by atoms with Crippen LogP contribution < -0.4 is 0 Å². The van der Waals surface area contributed by atoms with Crippen molar-refractivity contribution < 1.29 is 9.53 Å². The summed E-state index contributed by atoms with van der Waals surface area (Å²) in [6, 6.07) is 0. The van der Waals surface area contributed by atoms with Crippen LogP contribution in [0.2, 0.25) is 0 Å². The quantitative estimate of drug-likeness (QED) is 0.862. The van der Waals surface area contributed by atoms with Crippen molar-refractivity contribution in [1.82, 2.24) is 30.3 Å². The number of aryl methyl sites for hydroxylation is 1. The van der Waals surface area contributed by atoms with Crippen LogP contribution in [-0.4, -0.2) is 62.5 Å². The Morgan fingerprint density at radius 3 is 2.92 bits per heavy atom. The standard InChI is InChI=1S/C16H22N6O2/c1-9-18-15(21-19-9)11-5-6-24-13(11)8-22(2)16(23)12-7-17-20-14(12)10-3-4-10/h7,10-11,13H,3-6,8H2,1-2H3,(H,17,20)(H,18,19,21)/t11-,13-/m1/s1. The van der Waals surface area contributed by atoms with E-state index in [1.807, 2.05) is 14.0 Å². The number of aromatic nitrogens is 5. The average molecular weight is 330 g/mol. The minimum absolute atomic E-state index is 0.00827. The zero-order valence-corrected chi connectivity index (χ0v) is 14.0. The fraction of sp³-hybridized carbons (Fsp3) is 0.625. The van der Waals surface area contributed by atoms with Crippen LogP contribution in [0.5, 0.6) is 0 Å².